The summed E-state index contributed by atoms with van der Waals surface area (Å²) in [5.41, 5.74) is 1.28. The summed E-state index contributed by atoms with van der Waals surface area (Å²) in [6.07, 6.45) is 11.7. The molecule has 1 nitrogen and oxygen atoms in total. The summed E-state index contributed by atoms with van der Waals surface area (Å²) in [6, 6.07) is 0. The van der Waals surface area contributed by atoms with Crippen LogP contribution in [0.15, 0.2) is 36.1 Å². The summed E-state index contributed by atoms with van der Waals surface area (Å²) >= 11 is 0. The van der Waals surface area contributed by atoms with E-state index in [4.69, 9.17) is 0 Å². The van der Waals surface area contributed by atoms with Gasteiger partial charge >= 0.3 is 0 Å². The highest BCUT2D eigenvalue weighted by Crippen LogP contribution is 2.06. The van der Waals surface area contributed by atoms with Crippen LogP contribution in [0.3, 0.4) is 0 Å². The van der Waals surface area contributed by atoms with Gasteiger partial charge in [-0.1, -0.05) is 24.3 Å². The van der Waals surface area contributed by atoms with E-state index in [2.05, 4.69) is 49.4 Å². The summed E-state index contributed by atoms with van der Waals surface area (Å²) in [6.45, 7) is 0. The van der Waals surface area contributed by atoms with Crippen molar-refractivity contribution in [2.24, 2.45) is 0 Å². The molecule has 0 fully saturated rings. The Morgan fingerprint density at radius 1 is 1.30 bits per heavy atom. The normalized spacial score (nSPS) is 16.4. The average Bonchev–Trinajstić information content (AvgIpc) is 2.12. The lowest BCUT2D eigenvalue weighted by molar-refractivity contribution is 0.528. The third kappa shape index (κ3) is 1.76. The molecule has 0 saturated carbocycles. The van der Waals surface area contributed by atoms with Crippen LogP contribution < -0.4 is 0 Å². The van der Waals surface area contributed by atoms with Gasteiger partial charge in [0.1, 0.15) is 0 Å². The Labute approximate surface area is 62.3 Å². The SMILES string of the molecule is CN(C)C1=CCC=CC=C1. The minimum absolute atomic E-state index is 1.04. The summed E-state index contributed by atoms with van der Waals surface area (Å²) < 4.78 is 0. The number of nitrogens with zero attached hydrogens (tertiary/aromatic N) is 1. The zero-order valence-corrected chi connectivity index (χ0v) is 6.54. The monoisotopic (exact) mass is 135 g/mol. The van der Waals surface area contributed by atoms with Gasteiger partial charge in [0.05, 0.1) is 0 Å². The molecule has 1 aliphatic carbocycles. The highest BCUT2D eigenvalue weighted by molar-refractivity contribution is 5.24. The van der Waals surface area contributed by atoms with Crippen molar-refractivity contribution in [2.45, 2.75) is 6.42 Å². The molecular weight excluding hydrogens is 122 g/mol. The molecule has 0 unspecified atom stereocenters. The van der Waals surface area contributed by atoms with E-state index in [1.54, 1.807) is 0 Å². The van der Waals surface area contributed by atoms with E-state index in [0.717, 1.165) is 6.42 Å². The third-order valence-electron chi connectivity index (χ3n) is 1.49. The summed E-state index contributed by atoms with van der Waals surface area (Å²) in [5, 5.41) is 0. The lowest BCUT2D eigenvalue weighted by atomic mass is 10.3. The predicted octanol–water partition coefficient (Wildman–Crippen LogP) is 1.95. The second-order valence-electron chi connectivity index (χ2n) is 2.55. The van der Waals surface area contributed by atoms with Crippen LogP contribution in [0.4, 0.5) is 0 Å². The van der Waals surface area contributed by atoms with E-state index in [9.17, 15) is 0 Å². The maximum atomic E-state index is 2.21. The van der Waals surface area contributed by atoms with Crippen molar-refractivity contribution < 1.29 is 0 Å². The number of hydrogen-bond acceptors (Lipinski definition) is 1. The van der Waals surface area contributed by atoms with Crippen LogP contribution in [0.5, 0.6) is 0 Å². The Hall–Kier alpha value is -0.980. The van der Waals surface area contributed by atoms with Crippen molar-refractivity contribution in [3.8, 4) is 0 Å². The number of rotatable bonds is 1. The Kier molecular flexibility index (Phi) is 2.32. The van der Waals surface area contributed by atoms with E-state index < -0.39 is 0 Å². The highest BCUT2D eigenvalue weighted by atomic mass is 15.1. The van der Waals surface area contributed by atoms with Crippen molar-refractivity contribution in [3.05, 3.63) is 36.1 Å². The van der Waals surface area contributed by atoms with Gasteiger partial charge in [0.2, 0.25) is 0 Å². The zero-order valence-electron chi connectivity index (χ0n) is 6.54. The Morgan fingerprint density at radius 3 is 2.80 bits per heavy atom. The number of likely N-dealkylation sites (N-methyl/N-ethyl adjacent to an activating group) is 1. The zero-order chi connectivity index (χ0) is 7.40. The molecule has 0 aromatic carbocycles. The predicted molar refractivity (Wildman–Crippen MR) is 44.7 cm³/mol. The minimum Gasteiger partial charge on any atom is -0.378 e. The van der Waals surface area contributed by atoms with Gasteiger partial charge in [-0.25, -0.2) is 0 Å². The minimum atomic E-state index is 1.04. The maximum absolute atomic E-state index is 2.21. The molecule has 10 heavy (non-hydrogen) atoms. The van der Waals surface area contributed by atoms with E-state index in [0.29, 0.717) is 0 Å². The van der Waals surface area contributed by atoms with E-state index in [1.165, 1.54) is 5.70 Å². The molecule has 0 aromatic rings. The van der Waals surface area contributed by atoms with Gasteiger partial charge in [-0.3, -0.25) is 0 Å². The maximum Gasteiger partial charge on any atom is 0.0323 e. The van der Waals surface area contributed by atoms with Crippen LogP contribution in [0.2, 0.25) is 0 Å². The molecule has 1 rings (SSSR count). The standard InChI is InChI=1S/C9H13N/c1-10(2)9-7-5-3-4-6-8-9/h3-5,7-8H,6H2,1-2H3. The molecule has 1 aliphatic rings. The topological polar surface area (TPSA) is 3.24 Å². The quantitative estimate of drug-likeness (QED) is 0.531. The van der Waals surface area contributed by atoms with Gasteiger partial charge in [0.15, 0.2) is 0 Å². The van der Waals surface area contributed by atoms with Gasteiger partial charge < -0.3 is 4.90 Å². The molecule has 0 aliphatic heterocycles. The lowest BCUT2D eigenvalue weighted by Gasteiger charge is -2.12. The van der Waals surface area contributed by atoms with Gasteiger partial charge in [-0.05, 0) is 12.5 Å². The second kappa shape index (κ2) is 3.25. The molecule has 0 heterocycles. The molecule has 0 aromatic heterocycles. The number of hydrogen-bond donors (Lipinski definition) is 0. The largest absolute Gasteiger partial charge is 0.378 e. The Balaban J connectivity index is 2.69. The van der Waals surface area contributed by atoms with Crippen LogP contribution >= 0.6 is 0 Å². The molecule has 1 heteroatoms. The van der Waals surface area contributed by atoms with Crippen LogP contribution in [0.25, 0.3) is 0 Å². The van der Waals surface area contributed by atoms with Gasteiger partial charge in [-0.15, -0.1) is 0 Å². The summed E-state index contributed by atoms with van der Waals surface area (Å²) in [5.74, 6) is 0. The first-order valence-electron chi connectivity index (χ1n) is 3.51. The van der Waals surface area contributed by atoms with Crippen LogP contribution in [-0.2, 0) is 0 Å². The van der Waals surface area contributed by atoms with E-state index in [1.807, 2.05) is 0 Å². The summed E-state index contributed by atoms with van der Waals surface area (Å²) in [7, 11) is 4.11. The molecule has 0 amide bonds. The highest BCUT2D eigenvalue weighted by Gasteiger charge is 1.93. The molecule has 0 N–H and O–H groups in total. The van der Waals surface area contributed by atoms with Crippen LogP contribution in [-0.4, -0.2) is 19.0 Å². The van der Waals surface area contributed by atoms with Crippen molar-refractivity contribution in [3.63, 3.8) is 0 Å². The Morgan fingerprint density at radius 2 is 2.10 bits per heavy atom. The van der Waals surface area contributed by atoms with Crippen molar-refractivity contribution in [2.75, 3.05) is 14.1 Å². The molecule has 0 bridgehead atoms. The fourth-order valence-corrected chi connectivity index (χ4v) is 0.900. The van der Waals surface area contributed by atoms with Gasteiger partial charge in [0, 0.05) is 19.8 Å². The third-order valence-corrected chi connectivity index (χ3v) is 1.49. The Bertz CT molecular complexity index is 185. The number of allylic oxidation sites excluding steroid dienone is 5. The van der Waals surface area contributed by atoms with Gasteiger partial charge in [0.25, 0.3) is 0 Å². The fourth-order valence-electron chi connectivity index (χ4n) is 0.900. The van der Waals surface area contributed by atoms with E-state index in [-0.39, 0.29) is 0 Å². The van der Waals surface area contributed by atoms with Gasteiger partial charge in [-0.2, -0.15) is 0 Å². The second-order valence-corrected chi connectivity index (χ2v) is 2.55. The fraction of sp³-hybridized carbons (Fsp3) is 0.333. The molecule has 0 radical (unpaired) electrons. The smallest absolute Gasteiger partial charge is 0.0323 e. The first kappa shape index (κ1) is 7.13. The first-order chi connectivity index (χ1) is 4.80. The lowest BCUT2D eigenvalue weighted by Crippen LogP contribution is -2.08. The molecule has 0 spiro atoms. The molecule has 0 atom stereocenters. The van der Waals surface area contributed by atoms with Crippen molar-refractivity contribution in [1.82, 2.24) is 4.90 Å². The van der Waals surface area contributed by atoms with Crippen molar-refractivity contribution >= 4 is 0 Å². The first-order valence-corrected chi connectivity index (χ1v) is 3.51. The van der Waals surface area contributed by atoms with E-state index >= 15 is 0 Å². The molecule has 54 valence electrons. The molecule has 0 saturated heterocycles. The van der Waals surface area contributed by atoms with Crippen molar-refractivity contribution in [1.29, 1.82) is 0 Å². The molecular formula is C9H13N. The summed E-state index contributed by atoms with van der Waals surface area (Å²) in [4.78, 5) is 2.11. The van der Waals surface area contributed by atoms with Crippen LogP contribution in [0.1, 0.15) is 6.42 Å². The van der Waals surface area contributed by atoms with Crippen LogP contribution in [0, 0.1) is 0 Å². The average molecular weight is 135 g/mol.